The van der Waals surface area contributed by atoms with Crippen molar-refractivity contribution >= 4 is 5.78 Å². The number of aryl methyl sites for hydroxylation is 1. The minimum atomic E-state index is 0.266. The highest BCUT2D eigenvalue weighted by Gasteiger charge is 2.25. The highest BCUT2D eigenvalue weighted by Crippen LogP contribution is 2.22. The summed E-state index contributed by atoms with van der Waals surface area (Å²) in [6.07, 6.45) is 0.641. The monoisotopic (exact) mass is 245 g/mol. The molecule has 0 amide bonds. The molecule has 0 aromatic heterocycles. The van der Waals surface area contributed by atoms with E-state index in [9.17, 15) is 4.79 Å². The van der Waals surface area contributed by atoms with Gasteiger partial charge in [0.05, 0.1) is 0 Å². The third kappa shape index (κ3) is 3.20. The average molecular weight is 245 g/mol. The minimum absolute atomic E-state index is 0.266. The molecule has 2 heteroatoms. The van der Waals surface area contributed by atoms with Gasteiger partial charge in [0.15, 0.2) is 5.78 Å². The second-order valence-electron chi connectivity index (χ2n) is 5.75. The van der Waals surface area contributed by atoms with Crippen LogP contribution in [0.2, 0.25) is 0 Å². The van der Waals surface area contributed by atoms with Crippen molar-refractivity contribution in [3.05, 3.63) is 35.4 Å². The van der Waals surface area contributed by atoms with Gasteiger partial charge >= 0.3 is 0 Å². The lowest BCUT2D eigenvalue weighted by atomic mass is 10.0. The van der Waals surface area contributed by atoms with Gasteiger partial charge in [-0.15, -0.1) is 0 Å². The van der Waals surface area contributed by atoms with E-state index >= 15 is 0 Å². The van der Waals surface area contributed by atoms with Crippen molar-refractivity contribution in [3.63, 3.8) is 0 Å². The maximum Gasteiger partial charge on any atom is 0.164 e. The van der Waals surface area contributed by atoms with Crippen LogP contribution in [0.1, 0.15) is 36.2 Å². The molecule has 98 valence electrons. The van der Waals surface area contributed by atoms with Crippen molar-refractivity contribution in [2.24, 2.45) is 11.8 Å². The number of ketones is 1. The molecule has 0 aliphatic carbocycles. The summed E-state index contributed by atoms with van der Waals surface area (Å²) in [6.45, 7) is 9.83. The Morgan fingerprint density at radius 2 is 1.72 bits per heavy atom. The fourth-order valence-electron chi connectivity index (χ4n) is 2.57. The Kier molecular flexibility index (Phi) is 4.18. The van der Waals surface area contributed by atoms with Gasteiger partial charge in [0.1, 0.15) is 0 Å². The second-order valence-corrected chi connectivity index (χ2v) is 5.75. The number of likely N-dealkylation sites (tertiary alicyclic amines) is 1. The summed E-state index contributed by atoms with van der Waals surface area (Å²) in [5.41, 5.74) is 2.05. The number of carbonyl (C=O) groups is 1. The van der Waals surface area contributed by atoms with Crippen molar-refractivity contribution in [2.75, 3.05) is 19.6 Å². The molecule has 18 heavy (non-hydrogen) atoms. The first kappa shape index (κ1) is 13.3. The molecule has 1 saturated heterocycles. The maximum absolute atomic E-state index is 12.0. The van der Waals surface area contributed by atoms with E-state index < -0.39 is 0 Å². The van der Waals surface area contributed by atoms with Crippen molar-refractivity contribution in [1.82, 2.24) is 4.90 Å². The van der Waals surface area contributed by atoms with Gasteiger partial charge in [-0.3, -0.25) is 4.79 Å². The first-order chi connectivity index (χ1) is 8.56. The summed E-state index contributed by atoms with van der Waals surface area (Å²) in [7, 11) is 0. The number of benzene rings is 1. The molecule has 0 radical (unpaired) electrons. The third-order valence-corrected chi connectivity index (χ3v) is 4.09. The lowest BCUT2D eigenvalue weighted by Crippen LogP contribution is -2.24. The number of hydrogen-bond donors (Lipinski definition) is 0. The summed E-state index contributed by atoms with van der Waals surface area (Å²) in [5, 5.41) is 0. The molecule has 0 N–H and O–H groups in total. The van der Waals surface area contributed by atoms with Crippen LogP contribution in [0, 0.1) is 18.8 Å². The Hall–Kier alpha value is -1.15. The van der Waals surface area contributed by atoms with E-state index in [0.717, 1.165) is 37.0 Å². The zero-order valence-corrected chi connectivity index (χ0v) is 11.6. The quantitative estimate of drug-likeness (QED) is 0.759. The molecule has 1 aliphatic rings. The third-order valence-electron chi connectivity index (χ3n) is 4.09. The van der Waals surface area contributed by atoms with E-state index in [1.54, 1.807) is 0 Å². The smallest absolute Gasteiger partial charge is 0.164 e. The Bertz CT molecular complexity index is 400. The fourth-order valence-corrected chi connectivity index (χ4v) is 2.57. The van der Waals surface area contributed by atoms with Crippen LogP contribution in [0.4, 0.5) is 0 Å². The molecule has 2 unspecified atom stereocenters. The van der Waals surface area contributed by atoms with Gasteiger partial charge in [-0.05, 0) is 18.8 Å². The van der Waals surface area contributed by atoms with Gasteiger partial charge in [0.25, 0.3) is 0 Å². The van der Waals surface area contributed by atoms with E-state index in [0.29, 0.717) is 6.42 Å². The number of rotatable bonds is 4. The summed E-state index contributed by atoms with van der Waals surface area (Å²) in [6, 6.07) is 7.89. The topological polar surface area (TPSA) is 20.3 Å². The van der Waals surface area contributed by atoms with Crippen LogP contribution < -0.4 is 0 Å². The molecular formula is C16H23NO. The number of hydrogen-bond acceptors (Lipinski definition) is 2. The molecule has 2 nitrogen and oxygen atoms in total. The van der Waals surface area contributed by atoms with Crippen LogP contribution in [0.3, 0.4) is 0 Å². The standard InChI is InChI=1S/C16H23NO/c1-12-4-6-15(7-5-12)16(18)8-9-17-10-13(2)14(3)11-17/h4-7,13-14H,8-11H2,1-3H3. The molecule has 0 spiro atoms. The lowest BCUT2D eigenvalue weighted by molar-refractivity contribution is 0.0968. The molecule has 1 fully saturated rings. The predicted octanol–water partition coefficient (Wildman–Crippen LogP) is 3.16. The first-order valence-electron chi connectivity index (χ1n) is 6.88. The van der Waals surface area contributed by atoms with Gasteiger partial charge in [-0.25, -0.2) is 0 Å². The minimum Gasteiger partial charge on any atom is -0.302 e. The number of nitrogens with zero attached hydrogens (tertiary/aromatic N) is 1. The van der Waals surface area contributed by atoms with Crippen LogP contribution in [-0.4, -0.2) is 30.3 Å². The Labute approximate surface area is 110 Å². The van der Waals surface area contributed by atoms with Gasteiger partial charge in [-0.2, -0.15) is 0 Å². The summed E-state index contributed by atoms with van der Waals surface area (Å²) in [5.74, 6) is 1.79. The Morgan fingerprint density at radius 1 is 1.17 bits per heavy atom. The van der Waals surface area contributed by atoms with Gasteiger partial charge < -0.3 is 4.90 Å². The average Bonchev–Trinajstić information content (AvgIpc) is 2.67. The molecule has 2 atom stereocenters. The van der Waals surface area contributed by atoms with E-state index in [-0.39, 0.29) is 5.78 Å². The normalized spacial score (nSPS) is 24.4. The van der Waals surface area contributed by atoms with Crippen LogP contribution in [-0.2, 0) is 0 Å². The molecule has 0 saturated carbocycles. The van der Waals surface area contributed by atoms with Gasteiger partial charge in [-0.1, -0.05) is 43.7 Å². The molecule has 1 aromatic carbocycles. The lowest BCUT2D eigenvalue weighted by Gasteiger charge is -2.14. The molecule has 1 aliphatic heterocycles. The Morgan fingerprint density at radius 3 is 2.28 bits per heavy atom. The number of carbonyl (C=O) groups excluding carboxylic acids is 1. The summed E-state index contributed by atoms with van der Waals surface area (Å²) in [4.78, 5) is 14.5. The van der Waals surface area contributed by atoms with Crippen LogP contribution in [0.5, 0.6) is 0 Å². The second kappa shape index (κ2) is 5.66. The van der Waals surface area contributed by atoms with Crippen molar-refractivity contribution in [2.45, 2.75) is 27.2 Å². The van der Waals surface area contributed by atoms with Crippen molar-refractivity contribution in [1.29, 1.82) is 0 Å². The highest BCUT2D eigenvalue weighted by molar-refractivity contribution is 5.96. The molecule has 1 aromatic rings. The zero-order chi connectivity index (χ0) is 13.1. The van der Waals surface area contributed by atoms with E-state index in [2.05, 4.69) is 18.7 Å². The number of Topliss-reactive ketones (excluding diaryl/α,β-unsaturated/α-hetero) is 1. The predicted molar refractivity (Wildman–Crippen MR) is 74.9 cm³/mol. The zero-order valence-electron chi connectivity index (χ0n) is 11.6. The SMILES string of the molecule is Cc1ccc(C(=O)CCN2CC(C)C(C)C2)cc1. The first-order valence-corrected chi connectivity index (χ1v) is 6.88. The van der Waals surface area contributed by atoms with E-state index in [1.807, 2.05) is 31.2 Å². The highest BCUT2D eigenvalue weighted by atomic mass is 16.1. The van der Waals surface area contributed by atoms with Crippen molar-refractivity contribution in [3.8, 4) is 0 Å². The summed E-state index contributed by atoms with van der Waals surface area (Å²) < 4.78 is 0. The van der Waals surface area contributed by atoms with Gasteiger partial charge in [0.2, 0.25) is 0 Å². The van der Waals surface area contributed by atoms with Crippen molar-refractivity contribution < 1.29 is 4.79 Å². The fraction of sp³-hybridized carbons (Fsp3) is 0.562. The van der Waals surface area contributed by atoms with Crippen LogP contribution in [0.15, 0.2) is 24.3 Å². The maximum atomic E-state index is 12.0. The molecule has 2 rings (SSSR count). The van der Waals surface area contributed by atoms with E-state index in [1.165, 1.54) is 5.56 Å². The Balaban J connectivity index is 1.84. The van der Waals surface area contributed by atoms with Crippen LogP contribution in [0.25, 0.3) is 0 Å². The van der Waals surface area contributed by atoms with E-state index in [4.69, 9.17) is 0 Å². The van der Waals surface area contributed by atoms with Gasteiger partial charge in [0, 0.05) is 31.6 Å². The summed E-state index contributed by atoms with van der Waals surface area (Å²) >= 11 is 0. The largest absolute Gasteiger partial charge is 0.302 e. The molecular weight excluding hydrogens is 222 g/mol. The molecule has 1 heterocycles. The molecule has 0 bridgehead atoms. The van der Waals surface area contributed by atoms with Crippen LogP contribution >= 0.6 is 0 Å².